The van der Waals surface area contributed by atoms with Crippen LogP contribution in [0, 0.1) is 0 Å². The van der Waals surface area contributed by atoms with Crippen molar-refractivity contribution in [3.8, 4) is 44.7 Å². The summed E-state index contributed by atoms with van der Waals surface area (Å²) in [5, 5.41) is 16.6. The van der Waals surface area contributed by atoms with Crippen molar-refractivity contribution in [2.45, 2.75) is 0 Å². The van der Waals surface area contributed by atoms with E-state index in [0.29, 0.717) is 38.0 Å². The molecule has 6 nitrogen and oxygen atoms in total. The van der Waals surface area contributed by atoms with Gasteiger partial charge >= 0.3 is 0 Å². The van der Waals surface area contributed by atoms with Gasteiger partial charge in [-0.2, -0.15) is 9.61 Å². The average molecular weight is 619 g/mol. The Labute approximate surface area is 238 Å². The van der Waals surface area contributed by atoms with Crippen molar-refractivity contribution in [3.63, 3.8) is 0 Å². The van der Waals surface area contributed by atoms with Crippen LogP contribution in [0.25, 0.3) is 60.6 Å². The van der Waals surface area contributed by atoms with Crippen LogP contribution in [-0.4, -0.2) is 24.8 Å². The van der Waals surface area contributed by atoms with Crippen molar-refractivity contribution in [2.24, 2.45) is 0 Å². The highest BCUT2D eigenvalue weighted by atomic mass is 79.9. The maximum Gasteiger partial charge on any atom is 0.235 e. The molecule has 10 heteroatoms. The van der Waals surface area contributed by atoms with Crippen LogP contribution in [0.5, 0.6) is 0 Å². The number of halogens is 3. The summed E-state index contributed by atoms with van der Waals surface area (Å²) in [4.78, 5) is 5.58. The fourth-order valence-electron chi connectivity index (χ4n) is 4.32. The molecule has 0 saturated heterocycles. The molecule has 0 spiro atoms. The Morgan fingerprint density at radius 3 is 2.47 bits per heavy atom. The third-order valence-corrected chi connectivity index (χ3v) is 8.28. The van der Waals surface area contributed by atoms with Crippen LogP contribution >= 0.6 is 50.5 Å². The number of hydrogen-bond acceptors (Lipinski definition) is 6. The highest BCUT2D eigenvalue weighted by Crippen LogP contribution is 2.38. The Morgan fingerprint density at radius 1 is 0.789 bits per heavy atom. The zero-order chi connectivity index (χ0) is 25.8. The van der Waals surface area contributed by atoms with E-state index < -0.39 is 0 Å². The number of fused-ring (bicyclic) bond motifs is 2. The van der Waals surface area contributed by atoms with Crippen LogP contribution in [0.1, 0.15) is 0 Å². The summed E-state index contributed by atoms with van der Waals surface area (Å²) in [7, 11) is 0. The number of pyridine rings is 1. The minimum atomic E-state index is 0.520. The van der Waals surface area contributed by atoms with Crippen LogP contribution in [0.15, 0.2) is 93.8 Å². The van der Waals surface area contributed by atoms with Crippen molar-refractivity contribution >= 4 is 66.3 Å². The second kappa shape index (κ2) is 9.32. The maximum absolute atomic E-state index is 6.41. The molecule has 0 N–H and O–H groups in total. The van der Waals surface area contributed by atoms with E-state index in [2.05, 4.69) is 26.1 Å². The van der Waals surface area contributed by atoms with Gasteiger partial charge in [-0.1, -0.05) is 80.8 Å². The first kappa shape index (κ1) is 23.5. The fourth-order valence-corrected chi connectivity index (χ4v) is 6.16. The van der Waals surface area contributed by atoms with Gasteiger partial charge in [0.25, 0.3) is 0 Å². The largest absolute Gasteiger partial charge is 0.454 e. The Morgan fingerprint density at radius 2 is 1.61 bits per heavy atom. The summed E-state index contributed by atoms with van der Waals surface area (Å²) >= 11 is 17.6. The topological polar surface area (TPSA) is 69.1 Å². The summed E-state index contributed by atoms with van der Waals surface area (Å²) in [6.45, 7) is 0. The fraction of sp³-hybridized carbons (Fsp3) is 0. The van der Waals surface area contributed by atoms with Crippen molar-refractivity contribution in [3.05, 3.63) is 99.4 Å². The molecule has 0 bridgehead atoms. The van der Waals surface area contributed by atoms with E-state index in [1.54, 1.807) is 16.6 Å². The molecule has 0 atom stereocenters. The first-order valence-electron chi connectivity index (χ1n) is 11.5. The number of hydrogen-bond donors (Lipinski definition) is 0. The number of para-hydroxylation sites is 1. The maximum atomic E-state index is 6.41. The van der Waals surface area contributed by atoms with E-state index >= 15 is 0 Å². The average Bonchev–Trinajstić information content (AvgIpc) is 3.65. The van der Waals surface area contributed by atoms with Crippen LogP contribution < -0.4 is 0 Å². The predicted octanol–water partition coefficient (Wildman–Crippen LogP) is 9.06. The van der Waals surface area contributed by atoms with E-state index in [1.807, 2.05) is 72.8 Å². The van der Waals surface area contributed by atoms with Crippen LogP contribution in [0.2, 0.25) is 10.0 Å². The van der Waals surface area contributed by atoms with Crippen molar-refractivity contribution in [2.75, 3.05) is 0 Å². The van der Waals surface area contributed by atoms with Gasteiger partial charge in [-0.15, -0.1) is 10.2 Å². The van der Waals surface area contributed by atoms with E-state index in [-0.39, 0.29) is 0 Å². The molecular formula is C28H14BrCl2N5OS. The SMILES string of the molecule is Clc1ccc(-c2ccc(-c3cc(-c4nn5c(-c6ccccc6Br)nnc5s4)c4ccccc4n3)o2)c(Cl)c1. The molecular weight excluding hydrogens is 605 g/mol. The molecule has 7 rings (SSSR count). The molecule has 184 valence electrons. The van der Waals surface area contributed by atoms with Gasteiger partial charge < -0.3 is 4.42 Å². The number of furan rings is 1. The van der Waals surface area contributed by atoms with Crippen molar-refractivity contribution < 1.29 is 4.42 Å². The van der Waals surface area contributed by atoms with Gasteiger partial charge in [-0.05, 0) is 54.6 Å². The quantitative estimate of drug-likeness (QED) is 0.197. The zero-order valence-corrected chi connectivity index (χ0v) is 23.2. The van der Waals surface area contributed by atoms with E-state index in [4.69, 9.17) is 37.7 Å². The number of nitrogens with zero attached hydrogens (tertiary/aromatic N) is 5. The highest BCUT2D eigenvalue weighted by molar-refractivity contribution is 9.10. The Bertz CT molecular complexity index is 2000. The van der Waals surface area contributed by atoms with Crippen molar-refractivity contribution in [1.29, 1.82) is 0 Å². The van der Waals surface area contributed by atoms with Gasteiger partial charge in [0.05, 0.1) is 10.5 Å². The van der Waals surface area contributed by atoms with E-state index in [9.17, 15) is 0 Å². The molecule has 0 aliphatic carbocycles. The van der Waals surface area contributed by atoms with Gasteiger partial charge in [-0.3, -0.25) is 0 Å². The van der Waals surface area contributed by atoms with E-state index in [0.717, 1.165) is 37.1 Å². The smallest absolute Gasteiger partial charge is 0.235 e. The van der Waals surface area contributed by atoms with Gasteiger partial charge in [0.1, 0.15) is 16.5 Å². The van der Waals surface area contributed by atoms with Gasteiger partial charge in [0.2, 0.25) is 4.96 Å². The summed E-state index contributed by atoms with van der Waals surface area (Å²) in [6.07, 6.45) is 0. The summed E-state index contributed by atoms with van der Waals surface area (Å²) in [5.74, 6) is 1.93. The van der Waals surface area contributed by atoms with Crippen LogP contribution in [-0.2, 0) is 0 Å². The predicted molar refractivity (Wildman–Crippen MR) is 156 cm³/mol. The third-order valence-electron chi connectivity index (χ3n) is 6.11. The zero-order valence-electron chi connectivity index (χ0n) is 19.3. The lowest BCUT2D eigenvalue weighted by molar-refractivity contribution is 0.595. The lowest BCUT2D eigenvalue weighted by Gasteiger charge is -2.07. The molecule has 38 heavy (non-hydrogen) atoms. The highest BCUT2D eigenvalue weighted by Gasteiger charge is 2.20. The molecule has 0 unspecified atom stereocenters. The number of aromatic nitrogens is 5. The van der Waals surface area contributed by atoms with Crippen molar-refractivity contribution in [1.82, 2.24) is 24.8 Å². The Kier molecular flexibility index (Phi) is 5.78. The summed E-state index contributed by atoms with van der Waals surface area (Å²) in [5.41, 5.74) is 4.13. The molecule has 0 aliphatic rings. The third kappa shape index (κ3) is 4.01. The van der Waals surface area contributed by atoms with Crippen LogP contribution in [0.3, 0.4) is 0 Å². The van der Waals surface area contributed by atoms with Gasteiger partial charge in [0, 0.05) is 31.6 Å². The van der Waals surface area contributed by atoms with Gasteiger partial charge in [0.15, 0.2) is 11.6 Å². The first-order valence-corrected chi connectivity index (χ1v) is 13.8. The monoisotopic (exact) mass is 617 g/mol. The molecule has 3 aromatic carbocycles. The first-order chi connectivity index (χ1) is 18.5. The normalized spacial score (nSPS) is 11.6. The molecule has 0 fully saturated rings. The molecule has 0 radical (unpaired) electrons. The lowest BCUT2D eigenvalue weighted by atomic mass is 10.1. The molecule has 0 aliphatic heterocycles. The summed E-state index contributed by atoms with van der Waals surface area (Å²) in [6, 6.07) is 27.0. The number of rotatable bonds is 4. The second-order valence-electron chi connectivity index (χ2n) is 8.47. The molecule has 4 aromatic heterocycles. The number of benzene rings is 3. The van der Waals surface area contributed by atoms with Crippen LogP contribution in [0.4, 0.5) is 0 Å². The minimum absolute atomic E-state index is 0.520. The second-order valence-corrected chi connectivity index (χ2v) is 11.1. The lowest BCUT2D eigenvalue weighted by Crippen LogP contribution is -1.93. The molecule has 4 heterocycles. The molecule has 7 aromatic rings. The van der Waals surface area contributed by atoms with E-state index in [1.165, 1.54) is 11.3 Å². The minimum Gasteiger partial charge on any atom is -0.454 e. The molecule has 0 amide bonds. The standard InChI is InChI=1S/C28H14BrCl2N5OS/c29-20-7-3-1-6-17(20)26-33-34-28-36(26)35-27(38-28)19-14-23(32-22-8-4-2-5-16(19)22)25-12-11-24(37-25)18-10-9-15(30)13-21(18)31/h1-14H. The summed E-state index contributed by atoms with van der Waals surface area (Å²) < 4.78 is 8.92. The van der Waals surface area contributed by atoms with Gasteiger partial charge in [-0.25, -0.2) is 4.98 Å². The Hall–Kier alpha value is -3.56. The Balaban J connectivity index is 1.37. The molecule has 0 saturated carbocycles.